The standard InChI is InChI=1S/C18H29N5O2/c1-2-15-6-3-4-7-23(15)13-18(25)22-9-5-8-21(10-11-22)16-12-17(24)20-14-19-16/h12,14-15H,2-11,13H2,1H3,(H,19,20,24). The van der Waals surface area contributed by atoms with Crippen LogP contribution in [0.25, 0.3) is 0 Å². The van der Waals surface area contributed by atoms with Gasteiger partial charge in [0, 0.05) is 38.3 Å². The Balaban J connectivity index is 1.57. The molecular weight excluding hydrogens is 318 g/mol. The molecule has 0 spiro atoms. The van der Waals surface area contributed by atoms with E-state index in [2.05, 4.69) is 26.7 Å². The highest BCUT2D eigenvalue weighted by Crippen LogP contribution is 2.19. The third-order valence-electron chi connectivity index (χ3n) is 5.40. The van der Waals surface area contributed by atoms with E-state index in [1.165, 1.54) is 31.7 Å². The minimum atomic E-state index is -0.141. The minimum Gasteiger partial charge on any atom is -0.355 e. The second kappa shape index (κ2) is 8.47. The van der Waals surface area contributed by atoms with Crippen LogP contribution in [0.3, 0.4) is 0 Å². The van der Waals surface area contributed by atoms with Crippen LogP contribution in [0.15, 0.2) is 17.2 Å². The van der Waals surface area contributed by atoms with Crippen molar-refractivity contribution >= 4 is 11.7 Å². The average Bonchev–Trinajstić information content (AvgIpc) is 2.88. The van der Waals surface area contributed by atoms with Gasteiger partial charge < -0.3 is 14.8 Å². The summed E-state index contributed by atoms with van der Waals surface area (Å²) in [7, 11) is 0. The lowest BCUT2D eigenvalue weighted by atomic mass is 10.00. The van der Waals surface area contributed by atoms with Crippen LogP contribution in [0.1, 0.15) is 39.0 Å². The van der Waals surface area contributed by atoms with Gasteiger partial charge in [-0.3, -0.25) is 14.5 Å². The first-order valence-electron chi connectivity index (χ1n) is 9.49. The van der Waals surface area contributed by atoms with Gasteiger partial charge in [0.2, 0.25) is 5.91 Å². The van der Waals surface area contributed by atoms with Crippen molar-refractivity contribution in [2.24, 2.45) is 0 Å². The van der Waals surface area contributed by atoms with Crippen LogP contribution in [-0.2, 0) is 4.79 Å². The molecule has 0 radical (unpaired) electrons. The fraction of sp³-hybridized carbons (Fsp3) is 0.722. The van der Waals surface area contributed by atoms with E-state index >= 15 is 0 Å². The van der Waals surface area contributed by atoms with Crippen LogP contribution in [0.5, 0.6) is 0 Å². The lowest BCUT2D eigenvalue weighted by Crippen LogP contribution is -2.47. The first-order valence-corrected chi connectivity index (χ1v) is 9.49. The van der Waals surface area contributed by atoms with E-state index in [1.54, 1.807) is 0 Å². The molecule has 2 fully saturated rings. The van der Waals surface area contributed by atoms with Crippen LogP contribution < -0.4 is 10.5 Å². The molecule has 1 unspecified atom stereocenters. The maximum atomic E-state index is 12.8. The number of nitrogens with zero attached hydrogens (tertiary/aromatic N) is 4. The molecule has 2 aliphatic rings. The molecule has 2 saturated heterocycles. The zero-order valence-corrected chi connectivity index (χ0v) is 15.1. The number of hydrogen-bond acceptors (Lipinski definition) is 5. The molecule has 138 valence electrons. The Labute approximate surface area is 149 Å². The monoisotopic (exact) mass is 347 g/mol. The molecule has 7 heteroatoms. The molecule has 25 heavy (non-hydrogen) atoms. The highest BCUT2D eigenvalue weighted by atomic mass is 16.2. The van der Waals surface area contributed by atoms with Crippen molar-refractivity contribution in [3.63, 3.8) is 0 Å². The summed E-state index contributed by atoms with van der Waals surface area (Å²) in [6.45, 7) is 6.82. The number of hydrogen-bond donors (Lipinski definition) is 1. The Morgan fingerprint density at radius 1 is 1.20 bits per heavy atom. The summed E-state index contributed by atoms with van der Waals surface area (Å²) >= 11 is 0. The summed E-state index contributed by atoms with van der Waals surface area (Å²) in [5.74, 6) is 0.932. The van der Waals surface area contributed by atoms with Gasteiger partial charge in [0.05, 0.1) is 12.9 Å². The molecule has 0 saturated carbocycles. The van der Waals surface area contributed by atoms with E-state index in [0.717, 1.165) is 39.0 Å². The van der Waals surface area contributed by atoms with Crippen LogP contribution in [0, 0.1) is 0 Å². The van der Waals surface area contributed by atoms with Crippen LogP contribution in [0.4, 0.5) is 5.82 Å². The van der Waals surface area contributed by atoms with Crippen molar-refractivity contribution in [3.05, 3.63) is 22.7 Å². The van der Waals surface area contributed by atoms with Crippen molar-refractivity contribution in [3.8, 4) is 0 Å². The second-order valence-electron chi connectivity index (χ2n) is 7.02. The second-order valence-corrected chi connectivity index (χ2v) is 7.02. The molecule has 3 rings (SSSR count). The zero-order valence-electron chi connectivity index (χ0n) is 15.1. The highest BCUT2D eigenvalue weighted by Gasteiger charge is 2.26. The molecule has 1 N–H and O–H groups in total. The fourth-order valence-corrected chi connectivity index (χ4v) is 3.93. The SMILES string of the molecule is CCC1CCCCN1CC(=O)N1CCCN(c2cc(=O)[nH]cn2)CC1. The Hall–Kier alpha value is -1.89. The first kappa shape index (κ1) is 17.9. The number of likely N-dealkylation sites (tertiary alicyclic amines) is 1. The number of amides is 1. The van der Waals surface area contributed by atoms with Crippen molar-refractivity contribution in [1.29, 1.82) is 0 Å². The van der Waals surface area contributed by atoms with Gasteiger partial charge in [0.15, 0.2) is 0 Å². The van der Waals surface area contributed by atoms with Crippen LogP contribution >= 0.6 is 0 Å². The summed E-state index contributed by atoms with van der Waals surface area (Å²) in [5, 5.41) is 0. The predicted molar refractivity (Wildman–Crippen MR) is 97.8 cm³/mol. The number of anilines is 1. The molecule has 1 aromatic heterocycles. The van der Waals surface area contributed by atoms with Crippen LogP contribution in [-0.4, -0.2) is 71.0 Å². The van der Waals surface area contributed by atoms with Crippen molar-refractivity contribution in [2.45, 2.75) is 45.1 Å². The van der Waals surface area contributed by atoms with Gasteiger partial charge in [-0.25, -0.2) is 4.98 Å². The molecule has 3 heterocycles. The number of carbonyl (C=O) groups excluding carboxylic acids is 1. The zero-order chi connectivity index (χ0) is 17.6. The van der Waals surface area contributed by atoms with Gasteiger partial charge in [-0.05, 0) is 32.2 Å². The van der Waals surface area contributed by atoms with Gasteiger partial charge in [0.1, 0.15) is 5.82 Å². The molecule has 1 amide bonds. The predicted octanol–water partition coefficient (Wildman–Crippen LogP) is 1.07. The fourth-order valence-electron chi connectivity index (χ4n) is 3.93. The normalized spacial score (nSPS) is 22.7. The van der Waals surface area contributed by atoms with Gasteiger partial charge in [-0.15, -0.1) is 0 Å². The number of aromatic nitrogens is 2. The van der Waals surface area contributed by atoms with Gasteiger partial charge >= 0.3 is 0 Å². The van der Waals surface area contributed by atoms with E-state index in [1.807, 2.05) is 4.90 Å². The van der Waals surface area contributed by atoms with E-state index in [9.17, 15) is 9.59 Å². The molecule has 0 aromatic carbocycles. The van der Waals surface area contributed by atoms with Gasteiger partial charge in [-0.2, -0.15) is 0 Å². The van der Waals surface area contributed by atoms with Gasteiger partial charge in [-0.1, -0.05) is 13.3 Å². The summed E-state index contributed by atoms with van der Waals surface area (Å²) in [6, 6.07) is 2.08. The Morgan fingerprint density at radius 2 is 2.08 bits per heavy atom. The maximum Gasteiger partial charge on any atom is 0.252 e. The quantitative estimate of drug-likeness (QED) is 0.882. The van der Waals surface area contributed by atoms with E-state index < -0.39 is 0 Å². The maximum absolute atomic E-state index is 12.8. The minimum absolute atomic E-state index is 0.141. The van der Waals surface area contributed by atoms with Crippen LogP contribution in [0.2, 0.25) is 0 Å². The number of aromatic amines is 1. The molecule has 0 bridgehead atoms. The number of rotatable bonds is 4. The Morgan fingerprint density at radius 3 is 2.88 bits per heavy atom. The third kappa shape index (κ3) is 4.60. The summed E-state index contributed by atoms with van der Waals surface area (Å²) in [5.41, 5.74) is -0.141. The summed E-state index contributed by atoms with van der Waals surface area (Å²) in [6.07, 6.45) is 7.15. The van der Waals surface area contributed by atoms with Crippen molar-refractivity contribution < 1.29 is 4.79 Å². The highest BCUT2D eigenvalue weighted by molar-refractivity contribution is 5.78. The average molecular weight is 347 g/mol. The van der Waals surface area contributed by atoms with E-state index in [-0.39, 0.29) is 11.5 Å². The number of H-pyrrole nitrogens is 1. The number of nitrogens with one attached hydrogen (secondary N) is 1. The smallest absolute Gasteiger partial charge is 0.252 e. The molecule has 2 aliphatic heterocycles. The lowest BCUT2D eigenvalue weighted by molar-refractivity contribution is -0.133. The number of carbonyl (C=O) groups is 1. The number of piperidine rings is 1. The van der Waals surface area contributed by atoms with Gasteiger partial charge in [0.25, 0.3) is 5.56 Å². The molecule has 0 aliphatic carbocycles. The Bertz CT molecular complexity index is 632. The van der Waals surface area contributed by atoms with Crippen molar-refractivity contribution in [1.82, 2.24) is 19.8 Å². The molecule has 7 nitrogen and oxygen atoms in total. The Kier molecular flexibility index (Phi) is 6.07. The first-order chi connectivity index (χ1) is 12.2. The van der Waals surface area contributed by atoms with E-state index in [0.29, 0.717) is 24.9 Å². The lowest BCUT2D eigenvalue weighted by Gasteiger charge is -2.36. The van der Waals surface area contributed by atoms with E-state index in [4.69, 9.17) is 0 Å². The summed E-state index contributed by atoms with van der Waals surface area (Å²) in [4.78, 5) is 37.5. The van der Waals surface area contributed by atoms with Crippen molar-refractivity contribution in [2.75, 3.05) is 44.2 Å². The topological polar surface area (TPSA) is 72.5 Å². The molecular formula is C18H29N5O2. The third-order valence-corrected chi connectivity index (χ3v) is 5.40. The molecule has 1 atom stereocenters. The summed E-state index contributed by atoms with van der Waals surface area (Å²) < 4.78 is 0. The largest absolute Gasteiger partial charge is 0.355 e. The molecule has 1 aromatic rings.